The first-order valence-electron chi connectivity index (χ1n) is 6.52. The molecule has 0 spiro atoms. The minimum absolute atomic E-state index is 0.0330. The first-order valence-corrected chi connectivity index (χ1v) is 6.90. The van der Waals surface area contributed by atoms with Crippen LogP contribution >= 0.6 is 11.6 Å². The first kappa shape index (κ1) is 13.4. The number of anilines is 1. The smallest absolute Gasteiger partial charge is 0.244 e. The minimum atomic E-state index is -0.0330. The zero-order chi connectivity index (χ0) is 13.0. The van der Waals surface area contributed by atoms with Gasteiger partial charge in [-0.3, -0.25) is 4.79 Å². The molecule has 1 amide bonds. The van der Waals surface area contributed by atoms with E-state index in [1.807, 2.05) is 29.2 Å². The molecule has 2 rings (SSSR count). The normalized spacial score (nSPS) is 20.2. The fraction of sp³-hybridized carbons (Fsp3) is 0.500. The molecule has 98 valence electrons. The number of carbonyl (C=O) groups is 1. The highest BCUT2D eigenvalue weighted by molar-refractivity contribution is 6.30. The zero-order valence-corrected chi connectivity index (χ0v) is 11.4. The maximum absolute atomic E-state index is 12.3. The standard InChI is InChI=1S/C14H19ClN2O/c1-2-9-16-13-4-3-10-17(14(13)18)12-7-5-11(15)6-8-12/h5-8,13,16H,2-4,9-10H2,1H3. The number of hydrogen-bond donors (Lipinski definition) is 1. The van der Waals surface area contributed by atoms with Crippen LogP contribution in [0.25, 0.3) is 0 Å². The Balaban J connectivity index is 2.08. The molecule has 1 atom stereocenters. The van der Waals surface area contributed by atoms with E-state index in [0.717, 1.165) is 38.0 Å². The van der Waals surface area contributed by atoms with Crippen LogP contribution < -0.4 is 10.2 Å². The minimum Gasteiger partial charge on any atom is -0.311 e. The predicted molar refractivity (Wildman–Crippen MR) is 75.1 cm³/mol. The highest BCUT2D eigenvalue weighted by Crippen LogP contribution is 2.22. The lowest BCUT2D eigenvalue weighted by molar-refractivity contribution is -0.121. The molecule has 0 aromatic heterocycles. The van der Waals surface area contributed by atoms with Gasteiger partial charge in [-0.15, -0.1) is 0 Å². The van der Waals surface area contributed by atoms with Crippen molar-refractivity contribution in [2.24, 2.45) is 0 Å². The van der Waals surface area contributed by atoms with Crippen LogP contribution in [0.1, 0.15) is 26.2 Å². The second kappa shape index (κ2) is 6.21. The molecule has 1 aromatic carbocycles. The summed E-state index contributed by atoms with van der Waals surface area (Å²) in [7, 11) is 0. The van der Waals surface area contributed by atoms with Gasteiger partial charge in [0, 0.05) is 17.3 Å². The van der Waals surface area contributed by atoms with Gasteiger partial charge in [-0.05, 0) is 50.1 Å². The Morgan fingerprint density at radius 2 is 2.11 bits per heavy atom. The Bertz CT molecular complexity index is 405. The largest absolute Gasteiger partial charge is 0.311 e. The Kier molecular flexibility index (Phi) is 4.61. The van der Waals surface area contributed by atoms with Crippen molar-refractivity contribution in [1.82, 2.24) is 5.32 Å². The Morgan fingerprint density at radius 1 is 1.39 bits per heavy atom. The van der Waals surface area contributed by atoms with Crippen LogP contribution in [0.4, 0.5) is 5.69 Å². The van der Waals surface area contributed by atoms with E-state index in [1.54, 1.807) is 0 Å². The van der Waals surface area contributed by atoms with Crippen molar-refractivity contribution in [2.75, 3.05) is 18.0 Å². The summed E-state index contributed by atoms with van der Waals surface area (Å²) in [5.74, 6) is 0.178. The molecule has 1 aliphatic heterocycles. The molecule has 4 heteroatoms. The van der Waals surface area contributed by atoms with Gasteiger partial charge in [-0.2, -0.15) is 0 Å². The summed E-state index contributed by atoms with van der Waals surface area (Å²) in [6, 6.07) is 7.43. The fourth-order valence-corrected chi connectivity index (χ4v) is 2.39. The number of amides is 1. The number of rotatable bonds is 4. The first-order chi connectivity index (χ1) is 8.72. The van der Waals surface area contributed by atoms with Crippen molar-refractivity contribution in [2.45, 2.75) is 32.2 Å². The molecule has 3 nitrogen and oxygen atoms in total. The third-order valence-corrected chi connectivity index (χ3v) is 3.47. The van der Waals surface area contributed by atoms with E-state index >= 15 is 0 Å². The average Bonchev–Trinajstić information content (AvgIpc) is 2.39. The van der Waals surface area contributed by atoms with Crippen LogP contribution in [0, 0.1) is 0 Å². The average molecular weight is 267 g/mol. The summed E-state index contributed by atoms with van der Waals surface area (Å²) in [6.45, 7) is 3.80. The Labute approximate surface area is 113 Å². The Hall–Kier alpha value is -1.06. The van der Waals surface area contributed by atoms with E-state index in [2.05, 4.69) is 12.2 Å². The van der Waals surface area contributed by atoms with Gasteiger partial charge in [0.2, 0.25) is 5.91 Å². The third-order valence-electron chi connectivity index (χ3n) is 3.22. The molecule has 0 radical (unpaired) electrons. The molecule has 1 unspecified atom stereocenters. The van der Waals surface area contributed by atoms with Crippen LogP contribution in [0.5, 0.6) is 0 Å². The van der Waals surface area contributed by atoms with Gasteiger partial charge in [0.1, 0.15) is 0 Å². The summed E-state index contributed by atoms with van der Waals surface area (Å²) in [5, 5.41) is 4.01. The molecule has 0 saturated carbocycles. The number of nitrogens with zero attached hydrogens (tertiary/aromatic N) is 1. The van der Waals surface area contributed by atoms with E-state index in [4.69, 9.17) is 11.6 Å². The zero-order valence-electron chi connectivity index (χ0n) is 10.7. The van der Waals surface area contributed by atoms with Gasteiger partial charge in [0.15, 0.2) is 0 Å². The number of carbonyl (C=O) groups excluding carboxylic acids is 1. The molecular formula is C14H19ClN2O. The monoisotopic (exact) mass is 266 g/mol. The molecule has 1 fully saturated rings. The van der Waals surface area contributed by atoms with Crippen LogP contribution in [-0.2, 0) is 4.79 Å². The number of halogens is 1. The molecule has 1 aromatic rings. The van der Waals surface area contributed by atoms with Crippen LogP contribution in [0.3, 0.4) is 0 Å². The van der Waals surface area contributed by atoms with Gasteiger partial charge in [-0.25, -0.2) is 0 Å². The van der Waals surface area contributed by atoms with Crippen molar-refractivity contribution < 1.29 is 4.79 Å². The molecule has 1 saturated heterocycles. The summed E-state index contributed by atoms with van der Waals surface area (Å²) in [4.78, 5) is 14.2. The van der Waals surface area contributed by atoms with Crippen molar-refractivity contribution in [3.05, 3.63) is 29.3 Å². The van der Waals surface area contributed by atoms with E-state index in [-0.39, 0.29) is 11.9 Å². The number of hydrogen-bond acceptors (Lipinski definition) is 2. The highest BCUT2D eigenvalue weighted by atomic mass is 35.5. The van der Waals surface area contributed by atoms with E-state index in [0.29, 0.717) is 5.02 Å². The van der Waals surface area contributed by atoms with Crippen molar-refractivity contribution >= 4 is 23.2 Å². The Morgan fingerprint density at radius 3 is 2.78 bits per heavy atom. The van der Waals surface area contributed by atoms with Gasteiger partial charge in [0.05, 0.1) is 6.04 Å². The highest BCUT2D eigenvalue weighted by Gasteiger charge is 2.28. The summed E-state index contributed by atoms with van der Waals surface area (Å²) in [5.41, 5.74) is 0.937. The van der Waals surface area contributed by atoms with E-state index in [9.17, 15) is 4.79 Å². The molecule has 0 bridgehead atoms. The summed E-state index contributed by atoms with van der Waals surface area (Å²) < 4.78 is 0. The number of piperidine rings is 1. The summed E-state index contributed by atoms with van der Waals surface area (Å²) >= 11 is 5.87. The molecule has 1 heterocycles. The topological polar surface area (TPSA) is 32.3 Å². The fourth-order valence-electron chi connectivity index (χ4n) is 2.26. The van der Waals surface area contributed by atoms with Crippen molar-refractivity contribution in [3.8, 4) is 0 Å². The SMILES string of the molecule is CCCNC1CCCN(c2ccc(Cl)cc2)C1=O. The predicted octanol–water partition coefficient (Wildman–Crippen LogP) is 2.84. The molecule has 0 aliphatic carbocycles. The molecular weight excluding hydrogens is 248 g/mol. The maximum Gasteiger partial charge on any atom is 0.244 e. The van der Waals surface area contributed by atoms with Crippen molar-refractivity contribution in [3.63, 3.8) is 0 Å². The second-order valence-corrected chi connectivity index (χ2v) is 5.05. The van der Waals surface area contributed by atoms with Gasteiger partial charge >= 0.3 is 0 Å². The van der Waals surface area contributed by atoms with Gasteiger partial charge in [-0.1, -0.05) is 18.5 Å². The van der Waals surface area contributed by atoms with Crippen LogP contribution in [-0.4, -0.2) is 25.0 Å². The molecule has 1 N–H and O–H groups in total. The van der Waals surface area contributed by atoms with Crippen LogP contribution in [0.15, 0.2) is 24.3 Å². The lowest BCUT2D eigenvalue weighted by atomic mass is 10.0. The third kappa shape index (κ3) is 3.03. The van der Waals surface area contributed by atoms with E-state index in [1.165, 1.54) is 0 Å². The summed E-state index contributed by atoms with van der Waals surface area (Å²) in [6.07, 6.45) is 3.02. The lowest BCUT2D eigenvalue weighted by Crippen LogP contribution is -2.51. The van der Waals surface area contributed by atoms with Crippen molar-refractivity contribution in [1.29, 1.82) is 0 Å². The lowest BCUT2D eigenvalue weighted by Gasteiger charge is -2.32. The number of nitrogens with one attached hydrogen (secondary N) is 1. The second-order valence-electron chi connectivity index (χ2n) is 4.62. The maximum atomic E-state index is 12.3. The molecule has 18 heavy (non-hydrogen) atoms. The number of benzene rings is 1. The van der Waals surface area contributed by atoms with Gasteiger partial charge in [0.25, 0.3) is 0 Å². The van der Waals surface area contributed by atoms with E-state index < -0.39 is 0 Å². The van der Waals surface area contributed by atoms with Gasteiger partial charge < -0.3 is 10.2 Å². The quantitative estimate of drug-likeness (QED) is 0.909. The van der Waals surface area contributed by atoms with Crippen LogP contribution in [0.2, 0.25) is 5.02 Å². The molecule has 1 aliphatic rings.